The van der Waals surface area contributed by atoms with Gasteiger partial charge in [0, 0.05) is 16.6 Å². The number of esters is 1. The summed E-state index contributed by atoms with van der Waals surface area (Å²) in [5.74, 6) is -2.45. The van der Waals surface area contributed by atoms with Crippen LogP contribution in [0.25, 0.3) is 0 Å². The number of carbonyl (C=O) groups excluding carboxylic acids is 3. The number of allylic oxidation sites excluding steroid dienone is 1. The van der Waals surface area contributed by atoms with Crippen molar-refractivity contribution in [1.29, 1.82) is 0 Å². The van der Waals surface area contributed by atoms with Crippen molar-refractivity contribution in [3.8, 4) is 0 Å². The average molecular weight is 367 g/mol. The molecule has 1 aliphatic heterocycles. The van der Waals surface area contributed by atoms with Gasteiger partial charge in [-0.2, -0.15) is 0 Å². The van der Waals surface area contributed by atoms with Gasteiger partial charge in [-0.05, 0) is 31.2 Å². The number of imide groups is 1. The number of anilines is 1. The maximum absolute atomic E-state index is 12.6. The van der Waals surface area contributed by atoms with Crippen LogP contribution < -0.4 is 10.6 Å². The summed E-state index contributed by atoms with van der Waals surface area (Å²) in [4.78, 5) is 37.7. The lowest BCUT2D eigenvalue weighted by Gasteiger charge is -2.16. The van der Waals surface area contributed by atoms with Gasteiger partial charge in [0.05, 0.1) is 24.3 Å². The minimum atomic E-state index is -0.909. The molecule has 1 aromatic rings. The number of ether oxygens (including phenoxy) is 1. The molecule has 7 heteroatoms. The van der Waals surface area contributed by atoms with Crippen LogP contribution in [-0.2, 0) is 19.1 Å². The van der Waals surface area contributed by atoms with Crippen LogP contribution in [0.1, 0.15) is 13.3 Å². The van der Waals surface area contributed by atoms with Gasteiger partial charge in [0.1, 0.15) is 0 Å². The first-order chi connectivity index (χ1) is 10.4. The molecule has 0 bridgehead atoms. The Labute approximate surface area is 136 Å². The average Bonchev–Trinajstić information content (AvgIpc) is 2.75. The van der Waals surface area contributed by atoms with Crippen molar-refractivity contribution in [2.24, 2.45) is 11.7 Å². The highest BCUT2D eigenvalue weighted by Crippen LogP contribution is 2.32. The molecule has 2 amide bonds. The van der Waals surface area contributed by atoms with E-state index in [1.807, 2.05) is 0 Å². The van der Waals surface area contributed by atoms with E-state index in [2.05, 4.69) is 20.7 Å². The van der Waals surface area contributed by atoms with Gasteiger partial charge >= 0.3 is 5.97 Å². The van der Waals surface area contributed by atoms with Gasteiger partial charge in [0.15, 0.2) is 0 Å². The molecule has 6 nitrogen and oxygen atoms in total. The van der Waals surface area contributed by atoms with Crippen LogP contribution in [-0.4, -0.2) is 24.9 Å². The SMILES string of the molecule is COC(=O)/C(=C(/C)N)C1CC(=O)N(c2ccc(Br)cc2)C1=O. The van der Waals surface area contributed by atoms with Crippen molar-refractivity contribution >= 4 is 39.4 Å². The fraction of sp³-hybridized carbons (Fsp3) is 0.267. The fourth-order valence-corrected chi connectivity index (χ4v) is 2.67. The summed E-state index contributed by atoms with van der Waals surface area (Å²) >= 11 is 3.29. The Bertz CT molecular complexity index is 663. The van der Waals surface area contributed by atoms with Crippen molar-refractivity contribution in [2.75, 3.05) is 12.0 Å². The minimum Gasteiger partial charge on any atom is -0.466 e. The second kappa shape index (κ2) is 6.31. The second-order valence-corrected chi connectivity index (χ2v) is 5.80. The van der Waals surface area contributed by atoms with E-state index in [1.165, 1.54) is 14.0 Å². The highest BCUT2D eigenvalue weighted by molar-refractivity contribution is 9.10. The van der Waals surface area contributed by atoms with Gasteiger partial charge in [-0.15, -0.1) is 0 Å². The quantitative estimate of drug-likeness (QED) is 0.499. The molecule has 0 aliphatic carbocycles. The van der Waals surface area contributed by atoms with E-state index < -0.39 is 17.8 Å². The van der Waals surface area contributed by atoms with Crippen LogP contribution in [0.3, 0.4) is 0 Å². The Morgan fingerprint density at radius 1 is 1.32 bits per heavy atom. The lowest BCUT2D eigenvalue weighted by Crippen LogP contribution is -2.32. The third kappa shape index (κ3) is 2.89. The maximum Gasteiger partial charge on any atom is 0.336 e. The Kier molecular flexibility index (Phi) is 4.65. The molecule has 1 unspecified atom stereocenters. The first-order valence-electron chi connectivity index (χ1n) is 6.53. The number of hydrogen-bond acceptors (Lipinski definition) is 5. The van der Waals surface area contributed by atoms with E-state index in [9.17, 15) is 14.4 Å². The normalized spacial score (nSPS) is 19.2. The molecular weight excluding hydrogens is 352 g/mol. The van der Waals surface area contributed by atoms with Crippen molar-refractivity contribution < 1.29 is 19.1 Å². The van der Waals surface area contributed by atoms with Gasteiger partial charge in [-0.1, -0.05) is 15.9 Å². The molecule has 1 aliphatic rings. The van der Waals surface area contributed by atoms with E-state index in [1.54, 1.807) is 24.3 Å². The van der Waals surface area contributed by atoms with Gasteiger partial charge in [-0.3, -0.25) is 14.5 Å². The molecule has 1 fully saturated rings. The number of benzene rings is 1. The predicted octanol–water partition coefficient (Wildman–Crippen LogP) is 1.73. The molecule has 1 heterocycles. The molecule has 1 atom stereocenters. The van der Waals surface area contributed by atoms with E-state index >= 15 is 0 Å². The Balaban J connectivity index is 2.38. The highest BCUT2D eigenvalue weighted by Gasteiger charge is 2.44. The first kappa shape index (κ1) is 16.2. The van der Waals surface area contributed by atoms with Crippen LogP contribution in [0.4, 0.5) is 5.69 Å². The molecule has 116 valence electrons. The number of nitrogens with zero attached hydrogens (tertiary/aromatic N) is 1. The third-order valence-electron chi connectivity index (χ3n) is 3.41. The summed E-state index contributed by atoms with van der Waals surface area (Å²) in [5.41, 5.74) is 6.37. The van der Waals surface area contributed by atoms with Crippen LogP contribution in [0.2, 0.25) is 0 Å². The number of rotatable bonds is 3. The van der Waals surface area contributed by atoms with Crippen LogP contribution in [0.5, 0.6) is 0 Å². The summed E-state index contributed by atoms with van der Waals surface area (Å²) in [5, 5.41) is 0. The Hall–Kier alpha value is -2.15. The number of halogens is 1. The number of nitrogens with two attached hydrogens (primary N) is 1. The van der Waals surface area contributed by atoms with E-state index in [-0.39, 0.29) is 23.6 Å². The molecule has 0 spiro atoms. The molecule has 1 saturated heterocycles. The smallest absolute Gasteiger partial charge is 0.336 e. The lowest BCUT2D eigenvalue weighted by molar-refractivity contribution is -0.138. The van der Waals surface area contributed by atoms with Gasteiger partial charge in [-0.25, -0.2) is 4.79 Å². The van der Waals surface area contributed by atoms with Crippen LogP contribution in [0.15, 0.2) is 40.0 Å². The van der Waals surface area contributed by atoms with Gasteiger partial charge in [0.2, 0.25) is 11.8 Å². The maximum atomic E-state index is 12.6. The standard InChI is InChI=1S/C15H15BrN2O4/c1-8(17)13(15(21)22-2)11-7-12(19)18(14(11)20)10-5-3-9(16)4-6-10/h3-6,11H,7,17H2,1-2H3/b13-8-. The lowest BCUT2D eigenvalue weighted by atomic mass is 9.95. The molecule has 0 saturated carbocycles. The molecule has 0 aromatic heterocycles. The van der Waals surface area contributed by atoms with Gasteiger partial charge < -0.3 is 10.5 Å². The van der Waals surface area contributed by atoms with E-state index in [4.69, 9.17) is 5.73 Å². The largest absolute Gasteiger partial charge is 0.466 e. The molecule has 22 heavy (non-hydrogen) atoms. The zero-order valence-corrected chi connectivity index (χ0v) is 13.7. The second-order valence-electron chi connectivity index (χ2n) is 4.89. The first-order valence-corrected chi connectivity index (χ1v) is 7.33. The van der Waals surface area contributed by atoms with E-state index in [0.717, 1.165) is 9.37 Å². The molecule has 2 N–H and O–H groups in total. The summed E-state index contributed by atoms with van der Waals surface area (Å²) in [7, 11) is 1.21. The summed E-state index contributed by atoms with van der Waals surface area (Å²) in [6.07, 6.45) is -0.103. The van der Waals surface area contributed by atoms with Crippen molar-refractivity contribution in [2.45, 2.75) is 13.3 Å². The molecule has 1 aromatic carbocycles. The van der Waals surface area contributed by atoms with Crippen molar-refractivity contribution in [3.63, 3.8) is 0 Å². The number of amides is 2. The Morgan fingerprint density at radius 2 is 1.91 bits per heavy atom. The Morgan fingerprint density at radius 3 is 2.41 bits per heavy atom. The summed E-state index contributed by atoms with van der Waals surface area (Å²) < 4.78 is 5.49. The number of hydrogen-bond donors (Lipinski definition) is 1. The zero-order chi connectivity index (χ0) is 16.4. The van der Waals surface area contributed by atoms with Crippen molar-refractivity contribution in [1.82, 2.24) is 0 Å². The number of methoxy groups -OCH3 is 1. The summed E-state index contributed by atoms with van der Waals surface area (Å²) in [6.45, 7) is 1.51. The highest BCUT2D eigenvalue weighted by atomic mass is 79.9. The molecular formula is C15H15BrN2O4. The van der Waals surface area contributed by atoms with Crippen molar-refractivity contribution in [3.05, 3.63) is 40.0 Å². The minimum absolute atomic E-state index is 0.0421. The topological polar surface area (TPSA) is 89.7 Å². The van der Waals surface area contributed by atoms with Crippen LogP contribution >= 0.6 is 15.9 Å². The monoisotopic (exact) mass is 366 g/mol. The molecule has 0 radical (unpaired) electrons. The summed E-state index contributed by atoms with van der Waals surface area (Å²) in [6, 6.07) is 6.76. The fourth-order valence-electron chi connectivity index (χ4n) is 2.41. The van der Waals surface area contributed by atoms with Gasteiger partial charge in [0.25, 0.3) is 0 Å². The zero-order valence-electron chi connectivity index (χ0n) is 12.1. The third-order valence-corrected chi connectivity index (χ3v) is 3.94. The van der Waals surface area contributed by atoms with Crippen LogP contribution in [0, 0.1) is 5.92 Å². The number of carbonyl (C=O) groups is 3. The molecule has 2 rings (SSSR count). The van der Waals surface area contributed by atoms with E-state index in [0.29, 0.717) is 5.69 Å². The predicted molar refractivity (Wildman–Crippen MR) is 83.6 cm³/mol.